The largest absolute Gasteiger partial charge is 0.483 e. The Kier molecular flexibility index (Phi) is 5.79. The zero-order valence-corrected chi connectivity index (χ0v) is 15.8. The maximum atomic E-state index is 12.6. The van der Waals surface area contributed by atoms with Crippen LogP contribution in [0.15, 0.2) is 24.3 Å². The van der Waals surface area contributed by atoms with E-state index < -0.39 is 23.8 Å². The molecule has 6 nitrogen and oxygen atoms in total. The minimum atomic E-state index is -4.68. The van der Waals surface area contributed by atoms with Crippen molar-refractivity contribution < 1.29 is 27.5 Å². The van der Waals surface area contributed by atoms with Gasteiger partial charge in [-0.05, 0) is 63.5 Å². The number of amides is 1. The van der Waals surface area contributed by atoms with E-state index in [1.54, 1.807) is 20.8 Å². The van der Waals surface area contributed by atoms with E-state index in [0.29, 0.717) is 17.2 Å². The molecule has 2 rings (SSSR count). The highest BCUT2D eigenvalue weighted by atomic mass is 32.1. The molecule has 0 aliphatic heterocycles. The second-order valence-electron chi connectivity index (χ2n) is 6.63. The first-order valence-electron chi connectivity index (χ1n) is 7.82. The minimum Gasteiger partial charge on any atom is -0.456 e. The number of alkyl halides is 3. The van der Waals surface area contributed by atoms with Crippen LogP contribution in [0.3, 0.4) is 0 Å². The van der Waals surface area contributed by atoms with Gasteiger partial charge in [0.25, 0.3) is 5.91 Å². The molecule has 0 unspecified atom stereocenters. The second kappa shape index (κ2) is 7.55. The van der Waals surface area contributed by atoms with Gasteiger partial charge in [-0.2, -0.15) is 17.5 Å². The highest BCUT2D eigenvalue weighted by Gasteiger charge is 2.31. The standard InChI is InChI=1S/C17H18F3N3O3S/c1-9-12(14(27-23-9)22-17(18,19)20)13(24)21-11-7-5-10(6-8-11)15(25)26-16(2,3)4/h5-8,22H,1-4H3,(H,21,24). The number of ether oxygens (including phenoxy) is 1. The number of halogens is 3. The van der Waals surface area contributed by atoms with Crippen molar-refractivity contribution in [3.05, 3.63) is 41.1 Å². The van der Waals surface area contributed by atoms with Gasteiger partial charge in [0.1, 0.15) is 10.6 Å². The lowest BCUT2D eigenvalue weighted by Crippen LogP contribution is -2.24. The molecule has 0 aliphatic rings. The first-order chi connectivity index (χ1) is 12.4. The van der Waals surface area contributed by atoms with Crippen molar-refractivity contribution in [2.75, 3.05) is 10.6 Å². The van der Waals surface area contributed by atoms with Gasteiger partial charge < -0.3 is 10.1 Å². The van der Waals surface area contributed by atoms with E-state index >= 15 is 0 Å². The molecular formula is C17H18F3N3O3S. The lowest BCUT2D eigenvalue weighted by molar-refractivity contribution is -0.0996. The molecule has 0 aliphatic carbocycles. The van der Waals surface area contributed by atoms with Gasteiger partial charge >= 0.3 is 12.3 Å². The summed E-state index contributed by atoms with van der Waals surface area (Å²) in [6.07, 6.45) is -4.68. The summed E-state index contributed by atoms with van der Waals surface area (Å²) in [6.45, 7) is 6.66. The van der Waals surface area contributed by atoms with Crippen LogP contribution in [0.25, 0.3) is 0 Å². The summed E-state index contributed by atoms with van der Waals surface area (Å²) in [5.74, 6) is -1.26. The average Bonchev–Trinajstić information content (AvgIpc) is 2.84. The molecule has 0 bridgehead atoms. The molecule has 0 saturated carbocycles. The van der Waals surface area contributed by atoms with Gasteiger partial charge in [0.15, 0.2) is 0 Å². The Morgan fingerprint density at radius 2 is 1.70 bits per heavy atom. The number of benzene rings is 1. The van der Waals surface area contributed by atoms with Gasteiger partial charge in [-0.25, -0.2) is 4.79 Å². The Hall–Kier alpha value is -2.62. The van der Waals surface area contributed by atoms with Crippen LogP contribution in [-0.2, 0) is 4.74 Å². The summed E-state index contributed by atoms with van der Waals surface area (Å²) < 4.78 is 46.7. The highest BCUT2D eigenvalue weighted by Crippen LogP contribution is 2.30. The summed E-state index contributed by atoms with van der Waals surface area (Å²) in [6, 6.07) is 5.83. The number of rotatable bonds is 4. The van der Waals surface area contributed by atoms with E-state index in [2.05, 4.69) is 9.69 Å². The minimum absolute atomic E-state index is 0.176. The predicted octanol–water partition coefficient (Wildman–Crippen LogP) is 4.59. The Morgan fingerprint density at radius 3 is 2.22 bits per heavy atom. The first kappa shape index (κ1) is 20.7. The molecule has 0 saturated heterocycles. The fourth-order valence-corrected chi connectivity index (χ4v) is 2.88. The molecule has 1 amide bonds. The molecule has 1 aromatic carbocycles. The van der Waals surface area contributed by atoms with Crippen molar-refractivity contribution in [2.45, 2.75) is 39.6 Å². The third-order valence-electron chi connectivity index (χ3n) is 3.12. The normalized spacial score (nSPS) is 11.8. The Morgan fingerprint density at radius 1 is 1.11 bits per heavy atom. The number of anilines is 2. The number of hydrogen-bond donors (Lipinski definition) is 2. The van der Waals surface area contributed by atoms with Crippen LogP contribution in [0.1, 0.15) is 47.2 Å². The van der Waals surface area contributed by atoms with Crippen molar-refractivity contribution in [1.82, 2.24) is 4.37 Å². The third kappa shape index (κ3) is 5.95. The molecule has 0 spiro atoms. The summed E-state index contributed by atoms with van der Waals surface area (Å²) in [7, 11) is 0. The van der Waals surface area contributed by atoms with Crippen molar-refractivity contribution in [2.24, 2.45) is 0 Å². The first-order valence-corrected chi connectivity index (χ1v) is 8.59. The molecule has 1 aromatic heterocycles. The molecule has 146 valence electrons. The number of esters is 1. The number of nitrogens with zero attached hydrogens (tertiary/aromatic N) is 1. The number of hydrogen-bond acceptors (Lipinski definition) is 6. The quantitative estimate of drug-likeness (QED) is 0.579. The van der Waals surface area contributed by atoms with E-state index in [-0.39, 0.29) is 21.8 Å². The molecule has 0 fully saturated rings. The smallest absolute Gasteiger partial charge is 0.456 e. The van der Waals surface area contributed by atoms with Crippen molar-refractivity contribution in [3.8, 4) is 0 Å². The fraction of sp³-hybridized carbons (Fsp3) is 0.353. The zero-order chi connectivity index (χ0) is 20.4. The molecule has 10 heteroatoms. The second-order valence-corrected chi connectivity index (χ2v) is 7.40. The third-order valence-corrected chi connectivity index (χ3v) is 3.98. The maximum absolute atomic E-state index is 12.6. The van der Waals surface area contributed by atoms with Crippen LogP contribution in [-0.4, -0.2) is 28.2 Å². The van der Waals surface area contributed by atoms with Crippen LogP contribution < -0.4 is 10.6 Å². The summed E-state index contributed by atoms with van der Waals surface area (Å²) >= 11 is 0.550. The average molecular weight is 401 g/mol. The van der Waals surface area contributed by atoms with Gasteiger partial charge in [-0.3, -0.25) is 10.1 Å². The number of carbonyl (C=O) groups is 2. The van der Waals surface area contributed by atoms with Crippen LogP contribution >= 0.6 is 11.5 Å². The SMILES string of the molecule is Cc1nsc(NC(F)(F)F)c1C(=O)Nc1ccc(C(=O)OC(C)(C)C)cc1. The monoisotopic (exact) mass is 401 g/mol. The number of nitrogens with one attached hydrogen (secondary N) is 2. The van der Waals surface area contributed by atoms with Crippen LogP contribution in [0.5, 0.6) is 0 Å². The van der Waals surface area contributed by atoms with Crippen molar-refractivity contribution in [3.63, 3.8) is 0 Å². The lowest BCUT2D eigenvalue weighted by atomic mass is 10.1. The van der Waals surface area contributed by atoms with Gasteiger partial charge in [-0.1, -0.05) is 0 Å². The number of aromatic nitrogens is 1. The van der Waals surface area contributed by atoms with E-state index in [9.17, 15) is 22.8 Å². The van der Waals surface area contributed by atoms with Gasteiger partial charge in [0.05, 0.1) is 16.8 Å². The van der Waals surface area contributed by atoms with Crippen molar-refractivity contribution >= 4 is 34.1 Å². The molecule has 0 radical (unpaired) electrons. The number of aryl methyl sites for hydroxylation is 1. The molecule has 0 atom stereocenters. The van der Waals surface area contributed by atoms with Crippen molar-refractivity contribution in [1.29, 1.82) is 0 Å². The summed E-state index contributed by atoms with van der Waals surface area (Å²) in [5, 5.41) is 3.42. The van der Waals surface area contributed by atoms with Gasteiger partial charge in [0.2, 0.25) is 0 Å². The lowest BCUT2D eigenvalue weighted by Gasteiger charge is -2.19. The molecule has 1 heterocycles. The summed E-state index contributed by atoms with van der Waals surface area (Å²) in [5.41, 5.74) is -0.0511. The molecule has 2 N–H and O–H groups in total. The number of carbonyl (C=O) groups excluding carboxylic acids is 2. The van der Waals surface area contributed by atoms with Gasteiger partial charge in [0, 0.05) is 5.69 Å². The fourth-order valence-electron chi connectivity index (χ4n) is 2.07. The predicted molar refractivity (Wildman–Crippen MR) is 96.1 cm³/mol. The Bertz CT molecular complexity index is 840. The van der Waals surface area contributed by atoms with E-state index in [1.807, 2.05) is 0 Å². The zero-order valence-electron chi connectivity index (χ0n) is 15.0. The van der Waals surface area contributed by atoms with E-state index in [4.69, 9.17) is 4.74 Å². The highest BCUT2D eigenvalue weighted by molar-refractivity contribution is 7.10. The van der Waals surface area contributed by atoms with Crippen LogP contribution in [0.4, 0.5) is 23.9 Å². The molecule has 2 aromatic rings. The van der Waals surface area contributed by atoms with Crippen LogP contribution in [0, 0.1) is 6.92 Å². The van der Waals surface area contributed by atoms with Crippen LogP contribution in [0.2, 0.25) is 0 Å². The summed E-state index contributed by atoms with van der Waals surface area (Å²) in [4.78, 5) is 24.3. The van der Waals surface area contributed by atoms with Gasteiger partial charge in [-0.15, -0.1) is 0 Å². The van der Waals surface area contributed by atoms with E-state index in [0.717, 1.165) is 0 Å². The van der Waals surface area contributed by atoms with E-state index in [1.165, 1.54) is 36.5 Å². The molecule has 27 heavy (non-hydrogen) atoms. The Labute approximate surface area is 157 Å². The maximum Gasteiger partial charge on any atom is 0.483 e. The topological polar surface area (TPSA) is 80.3 Å². The molecular weight excluding hydrogens is 383 g/mol. The Balaban J connectivity index is 2.13.